The van der Waals surface area contributed by atoms with Crippen LogP contribution >= 0.6 is 0 Å². The van der Waals surface area contributed by atoms with E-state index in [2.05, 4.69) is 0 Å². The third-order valence-electron chi connectivity index (χ3n) is 3.21. The molecule has 1 aliphatic rings. The van der Waals surface area contributed by atoms with Gasteiger partial charge in [-0.05, 0) is 6.54 Å². The smallest absolute Gasteiger partial charge is 0.405 e. The second-order valence-electron chi connectivity index (χ2n) is 4.36. The Labute approximate surface area is 108 Å². The normalized spacial score (nSPS) is 25.3. The number of carbonyl (C=O) groups is 1. The Morgan fingerprint density at radius 1 is 1.58 bits per heavy atom. The largest absolute Gasteiger partial charge is 0.481 e. The van der Waals surface area contributed by atoms with Crippen LogP contribution in [0.3, 0.4) is 0 Å². The number of nitriles is 1. The molecule has 0 spiro atoms. The van der Waals surface area contributed by atoms with Gasteiger partial charge in [0.2, 0.25) is 0 Å². The first kappa shape index (κ1) is 15.7. The molecule has 8 heteroatoms. The number of aliphatic carboxylic acids is 1. The molecule has 1 rings (SSSR count). The van der Waals surface area contributed by atoms with E-state index in [9.17, 15) is 18.0 Å². The van der Waals surface area contributed by atoms with Crippen LogP contribution < -0.4 is 0 Å². The number of nitrogens with zero attached hydrogens (tertiary/aromatic N) is 2. The van der Waals surface area contributed by atoms with Crippen LogP contribution in [0.25, 0.3) is 0 Å². The lowest BCUT2D eigenvalue weighted by atomic mass is 10.0. The Balaban J connectivity index is 2.78. The number of likely N-dealkylation sites (N-methyl/N-ethyl adjacent to an activating group) is 1. The van der Waals surface area contributed by atoms with Crippen molar-refractivity contribution in [3.63, 3.8) is 0 Å². The molecule has 0 aromatic heterocycles. The average Bonchev–Trinajstić information content (AvgIpc) is 2.77. The molecule has 0 radical (unpaired) electrons. The summed E-state index contributed by atoms with van der Waals surface area (Å²) in [6, 6.07) is 0.595. The van der Waals surface area contributed by atoms with Crippen LogP contribution in [0.2, 0.25) is 0 Å². The highest BCUT2D eigenvalue weighted by Crippen LogP contribution is 2.28. The van der Waals surface area contributed by atoms with Crippen molar-refractivity contribution in [3.05, 3.63) is 0 Å². The van der Waals surface area contributed by atoms with Crippen LogP contribution in [0.1, 0.15) is 6.92 Å². The second-order valence-corrected chi connectivity index (χ2v) is 4.36. The lowest BCUT2D eigenvalue weighted by Gasteiger charge is -2.31. The number of carboxylic acids is 1. The molecule has 0 saturated carbocycles. The molecule has 1 N–H and O–H groups in total. The minimum atomic E-state index is -4.61. The summed E-state index contributed by atoms with van der Waals surface area (Å²) in [6.07, 6.45) is -4.61. The summed E-state index contributed by atoms with van der Waals surface area (Å²) in [5.41, 5.74) is 0. The van der Waals surface area contributed by atoms with Crippen molar-refractivity contribution in [2.75, 3.05) is 26.3 Å². The fourth-order valence-corrected chi connectivity index (χ4v) is 2.09. The molecule has 0 aliphatic carbocycles. The van der Waals surface area contributed by atoms with Crippen LogP contribution in [0.15, 0.2) is 0 Å². The Morgan fingerprint density at radius 3 is 2.63 bits per heavy atom. The number of hydrogen-bond acceptors (Lipinski definition) is 4. The van der Waals surface area contributed by atoms with E-state index in [0.29, 0.717) is 0 Å². The van der Waals surface area contributed by atoms with Crippen LogP contribution in [-0.4, -0.2) is 54.5 Å². The molecular formula is C11H15F3N2O3. The van der Waals surface area contributed by atoms with Crippen molar-refractivity contribution in [3.8, 4) is 6.07 Å². The summed E-state index contributed by atoms with van der Waals surface area (Å²) >= 11 is 0. The molecule has 5 nitrogen and oxygen atoms in total. The van der Waals surface area contributed by atoms with Crippen molar-refractivity contribution >= 4 is 5.97 Å². The van der Waals surface area contributed by atoms with Gasteiger partial charge < -0.3 is 9.84 Å². The summed E-state index contributed by atoms with van der Waals surface area (Å²) in [4.78, 5) is 12.3. The van der Waals surface area contributed by atoms with E-state index in [1.807, 2.05) is 0 Å². The highest BCUT2D eigenvalue weighted by molar-refractivity contribution is 5.71. The van der Waals surface area contributed by atoms with E-state index in [4.69, 9.17) is 15.1 Å². The zero-order valence-corrected chi connectivity index (χ0v) is 10.4. The molecule has 19 heavy (non-hydrogen) atoms. The summed E-state index contributed by atoms with van der Waals surface area (Å²) in [7, 11) is 0. The molecule has 0 bridgehead atoms. The van der Waals surface area contributed by atoms with Gasteiger partial charge in [-0.3, -0.25) is 9.69 Å². The lowest BCUT2D eigenvalue weighted by molar-refractivity contribution is -0.165. The molecule has 3 unspecified atom stereocenters. The first-order valence-corrected chi connectivity index (χ1v) is 5.82. The monoisotopic (exact) mass is 280 g/mol. The van der Waals surface area contributed by atoms with Gasteiger partial charge in [-0.2, -0.15) is 18.4 Å². The molecule has 0 aromatic rings. The molecule has 0 amide bonds. The minimum absolute atomic E-state index is 0.0141. The second kappa shape index (κ2) is 6.21. The van der Waals surface area contributed by atoms with Gasteiger partial charge in [-0.25, -0.2) is 0 Å². The zero-order valence-electron chi connectivity index (χ0n) is 10.4. The zero-order chi connectivity index (χ0) is 14.6. The average molecular weight is 280 g/mol. The third kappa shape index (κ3) is 3.81. The van der Waals surface area contributed by atoms with E-state index in [0.717, 1.165) is 0 Å². The van der Waals surface area contributed by atoms with E-state index in [1.165, 1.54) is 11.0 Å². The summed E-state index contributed by atoms with van der Waals surface area (Å²) in [5, 5.41) is 17.6. The van der Waals surface area contributed by atoms with Crippen molar-refractivity contribution in [2.45, 2.75) is 19.1 Å². The van der Waals surface area contributed by atoms with Crippen molar-refractivity contribution in [2.24, 2.45) is 11.8 Å². The highest BCUT2D eigenvalue weighted by atomic mass is 19.4. The first-order chi connectivity index (χ1) is 8.81. The summed E-state index contributed by atoms with van der Waals surface area (Å²) in [6.45, 7) is 1.38. The number of rotatable bonds is 5. The maximum Gasteiger partial charge on any atom is 0.405 e. The molecule has 108 valence electrons. The van der Waals surface area contributed by atoms with Crippen molar-refractivity contribution in [1.82, 2.24) is 4.90 Å². The molecule has 1 heterocycles. The maximum absolute atomic E-state index is 12.6. The van der Waals surface area contributed by atoms with Gasteiger partial charge in [0.1, 0.15) is 0 Å². The Morgan fingerprint density at radius 2 is 2.21 bits per heavy atom. The standard InChI is InChI=1S/C11H15F3N2O3/c1-2-16(4-7(3-15)11(12,13)14)9-6-19-5-8(9)10(17)18/h7-9H,2,4-6H2,1H3,(H,17,18). The number of hydrogen-bond donors (Lipinski definition) is 1. The number of carboxylic acid groups (broad SMARTS) is 1. The maximum atomic E-state index is 12.6. The predicted octanol–water partition coefficient (Wildman–Crippen LogP) is 1.11. The van der Waals surface area contributed by atoms with Crippen LogP contribution in [0.5, 0.6) is 0 Å². The van der Waals surface area contributed by atoms with E-state index in [1.54, 1.807) is 6.92 Å². The quantitative estimate of drug-likeness (QED) is 0.816. The molecule has 1 fully saturated rings. The molecule has 1 aliphatic heterocycles. The van der Waals surface area contributed by atoms with Gasteiger partial charge in [0.25, 0.3) is 0 Å². The molecular weight excluding hydrogens is 265 g/mol. The first-order valence-electron chi connectivity index (χ1n) is 5.82. The van der Waals surface area contributed by atoms with Gasteiger partial charge in [0, 0.05) is 12.6 Å². The highest BCUT2D eigenvalue weighted by Gasteiger charge is 2.44. The Hall–Kier alpha value is -1.33. The lowest BCUT2D eigenvalue weighted by Crippen LogP contribution is -2.47. The third-order valence-corrected chi connectivity index (χ3v) is 3.21. The van der Waals surface area contributed by atoms with Gasteiger partial charge in [-0.1, -0.05) is 6.92 Å². The minimum Gasteiger partial charge on any atom is -0.481 e. The van der Waals surface area contributed by atoms with Crippen molar-refractivity contribution < 1.29 is 27.8 Å². The van der Waals surface area contributed by atoms with E-state index >= 15 is 0 Å². The summed E-state index contributed by atoms with van der Waals surface area (Å²) in [5.74, 6) is -4.07. The topological polar surface area (TPSA) is 73.6 Å². The Bertz CT molecular complexity index is 367. The molecule has 1 saturated heterocycles. The van der Waals surface area contributed by atoms with Crippen LogP contribution in [0, 0.1) is 23.2 Å². The SMILES string of the molecule is CCN(CC(C#N)C(F)(F)F)C1COCC1C(=O)O. The fourth-order valence-electron chi connectivity index (χ4n) is 2.09. The molecule has 0 aromatic carbocycles. The fraction of sp³-hybridized carbons (Fsp3) is 0.818. The van der Waals surface area contributed by atoms with Crippen LogP contribution in [-0.2, 0) is 9.53 Å². The Kier molecular flexibility index (Phi) is 5.14. The molecule has 3 atom stereocenters. The number of halogens is 3. The van der Waals surface area contributed by atoms with E-state index in [-0.39, 0.29) is 19.8 Å². The van der Waals surface area contributed by atoms with Gasteiger partial charge in [-0.15, -0.1) is 0 Å². The van der Waals surface area contributed by atoms with Gasteiger partial charge >= 0.3 is 12.1 Å². The van der Waals surface area contributed by atoms with Crippen molar-refractivity contribution in [1.29, 1.82) is 5.26 Å². The summed E-state index contributed by atoms with van der Waals surface area (Å²) < 4.78 is 42.7. The predicted molar refractivity (Wildman–Crippen MR) is 58.1 cm³/mol. The number of ether oxygens (including phenoxy) is 1. The van der Waals surface area contributed by atoms with E-state index < -0.39 is 36.6 Å². The number of alkyl halides is 3. The van der Waals surface area contributed by atoms with Gasteiger partial charge in [0.15, 0.2) is 5.92 Å². The van der Waals surface area contributed by atoms with Gasteiger partial charge in [0.05, 0.1) is 25.2 Å². The van der Waals surface area contributed by atoms with Crippen LogP contribution in [0.4, 0.5) is 13.2 Å².